The van der Waals surface area contributed by atoms with Crippen molar-refractivity contribution in [2.24, 2.45) is 16.8 Å². The Labute approximate surface area is 182 Å². The summed E-state index contributed by atoms with van der Waals surface area (Å²) in [7, 11) is 0. The van der Waals surface area contributed by atoms with Gasteiger partial charge in [-0.25, -0.2) is 9.80 Å². The molecule has 0 radical (unpaired) electrons. The van der Waals surface area contributed by atoms with Gasteiger partial charge in [0.1, 0.15) is 25.0 Å². The highest BCUT2D eigenvalue weighted by Crippen LogP contribution is 2.27. The van der Waals surface area contributed by atoms with Gasteiger partial charge in [0.25, 0.3) is 5.69 Å². The second kappa shape index (κ2) is 9.39. The lowest BCUT2D eigenvalue weighted by atomic mass is 10.1. The van der Waals surface area contributed by atoms with E-state index in [9.17, 15) is 24.5 Å². The molecule has 3 N–H and O–H groups in total. The first-order chi connectivity index (χ1) is 15.2. The number of amides is 3. The van der Waals surface area contributed by atoms with Gasteiger partial charge in [-0.2, -0.15) is 5.10 Å². The molecule has 168 valence electrons. The van der Waals surface area contributed by atoms with Gasteiger partial charge in [0.15, 0.2) is 5.76 Å². The Bertz CT molecular complexity index is 1070. The predicted molar refractivity (Wildman–Crippen MR) is 111 cm³/mol. The minimum atomic E-state index is -0.799. The largest absolute Gasteiger partial charge is 0.460 e. The van der Waals surface area contributed by atoms with Gasteiger partial charge < -0.3 is 14.9 Å². The van der Waals surface area contributed by atoms with Crippen LogP contribution in [0.2, 0.25) is 0 Å². The van der Waals surface area contributed by atoms with E-state index in [2.05, 4.69) is 10.4 Å². The molecule has 32 heavy (non-hydrogen) atoms. The number of hydrogen-bond acceptors (Lipinski definition) is 9. The number of urea groups is 1. The predicted octanol–water partition coefficient (Wildman–Crippen LogP) is 1.77. The van der Waals surface area contributed by atoms with E-state index >= 15 is 0 Å². The highest BCUT2D eigenvalue weighted by molar-refractivity contribution is 6.02. The molecule has 12 nitrogen and oxygen atoms in total. The molecule has 3 amide bonds. The molecule has 1 atom stereocenters. The third kappa shape index (κ3) is 5.16. The lowest BCUT2D eigenvalue weighted by Crippen LogP contribution is -2.36. The van der Waals surface area contributed by atoms with Crippen molar-refractivity contribution in [1.29, 1.82) is 0 Å². The third-order valence-corrected chi connectivity index (χ3v) is 4.65. The minimum absolute atomic E-state index is 0.0800. The summed E-state index contributed by atoms with van der Waals surface area (Å²) in [5, 5.41) is 17.8. The molecule has 0 bridgehead atoms. The van der Waals surface area contributed by atoms with Crippen molar-refractivity contribution in [2.45, 2.75) is 26.5 Å². The summed E-state index contributed by atoms with van der Waals surface area (Å²) in [5.74, 6) is -0.686. The molecule has 2 aromatic rings. The maximum Gasteiger partial charge on any atom is 0.344 e. The summed E-state index contributed by atoms with van der Waals surface area (Å²) in [6, 6.07) is 5.78. The summed E-state index contributed by atoms with van der Waals surface area (Å²) in [6.45, 7) is 3.16. The molecular weight excluding hydrogens is 422 g/mol. The zero-order chi connectivity index (χ0) is 23.4. The van der Waals surface area contributed by atoms with E-state index < -0.39 is 28.9 Å². The molecule has 2 heterocycles. The van der Waals surface area contributed by atoms with Crippen LogP contribution in [0.4, 0.5) is 10.5 Å². The molecule has 0 spiro atoms. The van der Waals surface area contributed by atoms with Gasteiger partial charge in [-0.05, 0) is 24.1 Å². The number of carbonyl (C=O) groups is 3. The zero-order valence-corrected chi connectivity index (χ0v) is 17.3. The number of benzene rings is 1. The molecule has 3 rings (SSSR count). The molecule has 1 aromatic carbocycles. The average molecular weight is 443 g/mol. The van der Waals surface area contributed by atoms with E-state index in [0.717, 1.165) is 5.01 Å². The number of hydrogen-bond donors (Lipinski definition) is 2. The number of furan rings is 1. The Hall–Kier alpha value is -4.06. The standard InChI is InChI=1S/C20H21N5O7/c1-11(2)18(21)19(27)31-10-13-7-15(12-3-5-14(6-4-12)25(29)30)32-16(13)8-22-24-9-17(26)23-20(24)28/h3-8,11,18H,9-10,21H2,1-2H3,(H,23,26,28)/b22-8+/t18-/m0/s1. The molecule has 1 aliphatic heterocycles. The van der Waals surface area contributed by atoms with E-state index in [0.29, 0.717) is 16.9 Å². The van der Waals surface area contributed by atoms with Crippen LogP contribution in [0.15, 0.2) is 39.9 Å². The Morgan fingerprint density at radius 2 is 2.06 bits per heavy atom. The molecule has 0 aliphatic carbocycles. The molecule has 1 aliphatic rings. The van der Waals surface area contributed by atoms with Crippen LogP contribution < -0.4 is 11.1 Å². The van der Waals surface area contributed by atoms with Crippen molar-refractivity contribution in [3.05, 3.63) is 51.8 Å². The number of non-ortho nitro benzene ring substituents is 1. The maximum absolute atomic E-state index is 12.1. The first-order valence-electron chi connectivity index (χ1n) is 9.60. The van der Waals surface area contributed by atoms with Gasteiger partial charge in [-0.1, -0.05) is 13.8 Å². The van der Waals surface area contributed by atoms with Crippen LogP contribution in [0.1, 0.15) is 25.2 Å². The van der Waals surface area contributed by atoms with Crippen molar-refractivity contribution in [3.63, 3.8) is 0 Å². The average Bonchev–Trinajstić information content (AvgIpc) is 3.31. The highest BCUT2D eigenvalue weighted by Gasteiger charge is 2.26. The summed E-state index contributed by atoms with van der Waals surface area (Å²) in [5.41, 5.74) is 6.69. The maximum atomic E-state index is 12.1. The number of esters is 1. The topological polar surface area (TPSA) is 170 Å². The van der Waals surface area contributed by atoms with Crippen LogP contribution in [0.3, 0.4) is 0 Å². The number of nitrogens with two attached hydrogens (primary N) is 1. The Kier molecular flexibility index (Phi) is 6.64. The van der Waals surface area contributed by atoms with E-state index in [1.54, 1.807) is 19.9 Å². The fourth-order valence-corrected chi connectivity index (χ4v) is 2.72. The minimum Gasteiger partial charge on any atom is -0.460 e. The fraction of sp³-hybridized carbons (Fsp3) is 0.300. The summed E-state index contributed by atoms with van der Waals surface area (Å²) in [6.07, 6.45) is 1.22. The number of imide groups is 1. The lowest BCUT2D eigenvalue weighted by molar-refractivity contribution is -0.384. The molecule has 12 heteroatoms. The number of nitrogens with zero attached hydrogens (tertiary/aromatic N) is 3. The Balaban J connectivity index is 1.86. The van der Waals surface area contributed by atoms with Crippen LogP contribution in [-0.4, -0.2) is 46.6 Å². The van der Waals surface area contributed by atoms with Crippen molar-refractivity contribution >= 4 is 29.8 Å². The van der Waals surface area contributed by atoms with Gasteiger partial charge in [-0.3, -0.25) is 25.0 Å². The van der Waals surface area contributed by atoms with Gasteiger partial charge in [-0.15, -0.1) is 0 Å². The number of nitro groups is 1. The SMILES string of the molecule is CC(C)[C@H](N)C(=O)OCc1cc(-c2ccc([N+](=O)[O-])cc2)oc1/C=N/N1CC(=O)NC1=O. The van der Waals surface area contributed by atoms with E-state index in [1.165, 1.54) is 30.5 Å². The second-order valence-electron chi connectivity index (χ2n) is 7.34. The molecular formula is C20H21N5O7. The fourth-order valence-electron chi connectivity index (χ4n) is 2.72. The summed E-state index contributed by atoms with van der Waals surface area (Å²) in [4.78, 5) is 45.4. The zero-order valence-electron chi connectivity index (χ0n) is 17.3. The van der Waals surface area contributed by atoms with E-state index in [-0.39, 0.29) is 30.5 Å². The monoisotopic (exact) mass is 443 g/mol. The quantitative estimate of drug-likeness (QED) is 0.204. The summed E-state index contributed by atoms with van der Waals surface area (Å²) >= 11 is 0. The smallest absolute Gasteiger partial charge is 0.344 e. The van der Waals surface area contributed by atoms with Gasteiger partial charge >= 0.3 is 12.0 Å². The Morgan fingerprint density at radius 3 is 2.62 bits per heavy atom. The second-order valence-corrected chi connectivity index (χ2v) is 7.34. The van der Waals surface area contributed by atoms with E-state index in [1.807, 2.05) is 0 Å². The number of rotatable bonds is 8. The van der Waals surface area contributed by atoms with Crippen molar-refractivity contribution in [2.75, 3.05) is 6.54 Å². The normalized spacial score (nSPS) is 14.8. The lowest BCUT2D eigenvalue weighted by Gasteiger charge is -2.14. The summed E-state index contributed by atoms with van der Waals surface area (Å²) < 4.78 is 11.1. The van der Waals surface area contributed by atoms with Crippen LogP contribution in [0.5, 0.6) is 0 Å². The third-order valence-electron chi connectivity index (χ3n) is 4.65. The number of nitro benzene ring substituents is 1. The van der Waals surface area contributed by atoms with Crippen LogP contribution in [0.25, 0.3) is 11.3 Å². The van der Waals surface area contributed by atoms with Gasteiger partial charge in [0.05, 0.1) is 11.1 Å². The van der Waals surface area contributed by atoms with Crippen molar-refractivity contribution < 1.29 is 28.5 Å². The number of nitrogens with one attached hydrogen (secondary N) is 1. The van der Waals surface area contributed by atoms with Crippen LogP contribution >= 0.6 is 0 Å². The van der Waals surface area contributed by atoms with Crippen molar-refractivity contribution in [1.82, 2.24) is 10.3 Å². The molecule has 0 unspecified atom stereocenters. The Morgan fingerprint density at radius 1 is 1.38 bits per heavy atom. The first kappa shape index (κ1) is 22.6. The molecule has 1 saturated heterocycles. The molecule has 1 aromatic heterocycles. The number of carbonyl (C=O) groups excluding carboxylic acids is 3. The highest BCUT2D eigenvalue weighted by atomic mass is 16.6. The first-order valence-corrected chi connectivity index (χ1v) is 9.60. The van der Waals surface area contributed by atoms with Crippen molar-refractivity contribution in [3.8, 4) is 11.3 Å². The molecule has 1 fully saturated rings. The van der Waals surface area contributed by atoms with E-state index in [4.69, 9.17) is 14.9 Å². The van der Waals surface area contributed by atoms with Gasteiger partial charge in [0, 0.05) is 23.3 Å². The number of ether oxygens (including phenoxy) is 1. The van der Waals surface area contributed by atoms with Crippen LogP contribution in [0, 0.1) is 16.0 Å². The number of hydrazone groups is 1. The van der Waals surface area contributed by atoms with Crippen LogP contribution in [-0.2, 0) is 20.9 Å². The molecule has 0 saturated carbocycles. The van der Waals surface area contributed by atoms with Gasteiger partial charge in [0.2, 0.25) is 5.91 Å².